The third kappa shape index (κ3) is 4.65. The van der Waals surface area contributed by atoms with Crippen molar-refractivity contribution in [2.24, 2.45) is 11.3 Å². The number of rotatable bonds is 7. The Labute approximate surface area is 99.8 Å². The van der Waals surface area contributed by atoms with Gasteiger partial charge in [-0.05, 0) is 5.92 Å². The van der Waals surface area contributed by atoms with Crippen LogP contribution in [0.2, 0.25) is 0 Å². The van der Waals surface area contributed by atoms with Crippen molar-refractivity contribution in [3.63, 3.8) is 0 Å². The molecule has 0 aromatic heterocycles. The van der Waals surface area contributed by atoms with Crippen LogP contribution >= 0.6 is 0 Å². The van der Waals surface area contributed by atoms with E-state index in [1.54, 1.807) is 0 Å². The molecule has 0 radical (unpaired) electrons. The molecule has 0 aliphatic carbocycles. The highest BCUT2D eigenvalue weighted by Gasteiger charge is 2.24. The highest BCUT2D eigenvalue weighted by atomic mass is 16.1. The smallest absolute Gasteiger partial charge is 0.160 e. The highest BCUT2D eigenvalue weighted by Crippen LogP contribution is 2.28. The first-order valence-corrected chi connectivity index (χ1v) is 5.96. The minimum atomic E-state index is -0.267. The van der Waals surface area contributed by atoms with Crippen LogP contribution in [0.4, 0.5) is 0 Å². The van der Waals surface area contributed by atoms with Crippen LogP contribution in [-0.4, -0.2) is 12.3 Å². The molecule has 16 heavy (non-hydrogen) atoms. The quantitative estimate of drug-likeness (QED) is 0.530. The average molecular weight is 223 g/mol. The lowest BCUT2D eigenvalue weighted by molar-refractivity contribution is -0.116. The third-order valence-corrected chi connectivity index (χ3v) is 2.60. The van der Waals surface area contributed by atoms with E-state index in [9.17, 15) is 4.79 Å². The second-order valence-electron chi connectivity index (χ2n) is 5.06. The molecule has 0 rings (SSSR count). The summed E-state index contributed by atoms with van der Waals surface area (Å²) in [7, 11) is 0. The summed E-state index contributed by atoms with van der Waals surface area (Å²) in [6, 6.07) is 0. The summed E-state index contributed by atoms with van der Waals surface area (Å²) >= 11 is 0. The normalized spacial score (nSPS) is 12.8. The Morgan fingerprint density at radius 3 is 2.38 bits per heavy atom. The van der Waals surface area contributed by atoms with Gasteiger partial charge in [-0.2, -0.15) is 0 Å². The van der Waals surface area contributed by atoms with Crippen molar-refractivity contribution in [3.8, 4) is 0 Å². The van der Waals surface area contributed by atoms with Gasteiger partial charge >= 0.3 is 0 Å². The topological polar surface area (TPSA) is 29.1 Å². The number of carbonyl (C=O) groups is 1. The summed E-state index contributed by atoms with van der Waals surface area (Å²) in [4.78, 5) is 11.8. The molecule has 0 saturated carbocycles. The minimum absolute atomic E-state index is 0.182. The van der Waals surface area contributed by atoms with Crippen LogP contribution in [0.15, 0.2) is 24.4 Å². The van der Waals surface area contributed by atoms with Gasteiger partial charge in [-0.15, -0.1) is 6.58 Å². The van der Waals surface area contributed by atoms with Crippen molar-refractivity contribution in [1.29, 1.82) is 0 Å². The van der Waals surface area contributed by atoms with Gasteiger partial charge in [0.15, 0.2) is 5.78 Å². The van der Waals surface area contributed by atoms with Crippen LogP contribution in [0, 0.1) is 11.3 Å². The summed E-state index contributed by atoms with van der Waals surface area (Å²) in [5.41, 5.74) is 0.544. The fourth-order valence-electron chi connectivity index (χ4n) is 1.32. The van der Waals surface area contributed by atoms with Crippen molar-refractivity contribution in [1.82, 2.24) is 5.32 Å². The van der Waals surface area contributed by atoms with Gasteiger partial charge in [0, 0.05) is 30.2 Å². The molecule has 0 fully saturated rings. The predicted molar refractivity (Wildman–Crippen MR) is 70.2 cm³/mol. The van der Waals surface area contributed by atoms with Gasteiger partial charge < -0.3 is 5.32 Å². The van der Waals surface area contributed by atoms with Crippen molar-refractivity contribution in [3.05, 3.63) is 24.4 Å². The zero-order valence-electron chi connectivity index (χ0n) is 11.3. The van der Waals surface area contributed by atoms with Crippen LogP contribution in [-0.2, 0) is 4.79 Å². The zero-order valence-corrected chi connectivity index (χ0v) is 11.3. The standard InChI is InChI=1S/C14H25NO/c1-7-13(16)12(14(5,6)8-2)10-15-9-11(3)4/h8,10-11,15H,2,7,9H2,1,3-6H3/b12-10-. The SMILES string of the molecule is C=CC(C)(C)/C(=C\NCC(C)C)C(=O)CC. The maximum Gasteiger partial charge on any atom is 0.160 e. The molecule has 1 N–H and O–H groups in total. The summed E-state index contributed by atoms with van der Waals surface area (Å²) < 4.78 is 0. The molecule has 0 aromatic rings. The van der Waals surface area contributed by atoms with Crippen LogP contribution in [0.5, 0.6) is 0 Å². The summed E-state index contributed by atoms with van der Waals surface area (Å²) in [6.45, 7) is 14.9. The zero-order chi connectivity index (χ0) is 12.8. The molecule has 0 aromatic carbocycles. The molecule has 0 aliphatic rings. The molecule has 0 saturated heterocycles. The number of carbonyl (C=O) groups excluding carboxylic acids is 1. The van der Waals surface area contributed by atoms with E-state index in [0.29, 0.717) is 12.3 Å². The predicted octanol–water partition coefficient (Wildman–Crippen LogP) is 3.31. The van der Waals surface area contributed by atoms with Crippen LogP contribution in [0.25, 0.3) is 0 Å². The Kier molecular flexibility index (Phi) is 6.09. The summed E-state index contributed by atoms with van der Waals surface area (Å²) in [6.07, 6.45) is 4.21. The number of Topliss-reactive ketones (excluding diaryl/α,β-unsaturated/α-hetero) is 1. The van der Waals surface area contributed by atoms with E-state index in [4.69, 9.17) is 0 Å². The largest absolute Gasteiger partial charge is 0.390 e. The second kappa shape index (κ2) is 6.51. The molecule has 0 unspecified atom stereocenters. The lowest BCUT2D eigenvalue weighted by atomic mass is 9.82. The lowest BCUT2D eigenvalue weighted by Gasteiger charge is -2.23. The molecule has 0 atom stereocenters. The Hall–Kier alpha value is -1.05. The fourth-order valence-corrected chi connectivity index (χ4v) is 1.32. The lowest BCUT2D eigenvalue weighted by Crippen LogP contribution is -2.23. The first-order valence-electron chi connectivity index (χ1n) is 5.96. The van der Waals surface area contributed by atoms with Gasteiger partial charge in [-0.3, -0.25) is 4.79 Å². The second-order valence-corrected chi connectivity index (χ2v) is 5.06. The Balaban J connectivity index is 4.81. The number of ketones is 1. The highest BCUT2D eigenvalue weighted by molar-refractivity contribution is 5.96. The monoisotopic (exact) mass is 223 g/mol. The van der Waals surface area contributed by atoms with E-state index < -0.39 is 0 Å². The van der Waals surface area contributed by atoms with Crippen molar-refractivity contribution >= 4 is 5.78 Å². The van der Waals surface area contributed by atoms with Crippen LogP contribution in [0.1, 0.15) is 41.0 Å². The maximum atomic E-state index is 11.8. The molecule has 0 aliphatic heterocycles. The van der Waals surface area contributed by atoms with Gasteiger partial charge in [0.2, 0.25) is 0 Å². The van der Waals surface area contributed by atoms with E-state index in [0.717, 1.165) is 12.1 Å². The average Bonchev–Trinajstić information content (AvgIpc) is 2.22. The molecular formula is C14H25NO. The minimum Gasteiger partial charge on any atom is -0.390 e. The van der Waals surface area contributed by atoms with E-state index in [1.165, 1.54) is 0 Å². The van der Waals surface area contributed by atoms with Crippen LogP contribution < -0.4 is 5.32 Å². The molecular weight excluding hydrogens is 198 g/mol. The number of nitrogens with one attached hydrogen (secondary N) is 1. The van der Waals surface area contributed by atoms with E-state index >= 15 is 0 Å². The van der Waals surface area contributed by atoms with Gasteiger partial charge in [0.1, 0.15) is 0 Å². The Morgan fingerprint density at radius 2 is 2.00 bits per heavy atom. The Morgan fingerprint density at radius 1 is 1.44 bits per heavy atom. The van der Waals surface area contributed by atoms with E-state index in [-0.39, 0.29) is 11.2 Å². The maximum absolute atomic E-state index is 11.8. The number of hydrogen-bond acceptors (Lipinski definition) is 2. The van der Waals surface area contributed by atoms with Crippen LogP contribution in [0.3, 0.4) is 0 Å². The number of hydrogen-bond donors (Lipinski definition) is 1. The number of allylic oxidation sites excluding steroid dienone is 2. The van der Waals surface area contributed by atoms with Crippen molar-refractivity contribution in [2.75, 3.05) is 6.54 Å². The first-order chi connectivity index (χ1) is 7.35. The molecule has 2 heteroatoms. The third-order valence-electron chi connectivity index (χ3n) is 2.60. The Bertz CT molecular complexity index is 274. The van der Waals surface area contributed by atoms with Gasteiger partial charge in [-0.1, -0.05) is 40.7 Å². The molecule has 92 valence electrons. The van der Waals surface area contributed by atoms with Gasteiger partial charge in [0.05, 0.1) is 0 Å². The molecule has 0 heterocycles. The van der Waals surface area contributed by atoms with Crippen molar-refractivity contribution < 1.29 is 4.79 Å². The van der Waals surface area contributed by atoms with E-state index in [1.807, 2.05) is 33.0 Å². The van der Waals surface area contributed by atoms with Gasteiger partial charge in [-0.25, -0.2) is 0 Å². The molecule has 2 nitrogen and oxygen atoms in total. The summed E-state index contributed by atoms with van der Waals surface area (Å²) in [5, 5.41) is 3.21. The molecule has 0 amide bonds. The fraction of sp³-hybridized carbons (Fsp3) is 0.643. The molecule has 0 bridgehead atoms. The molecule has 0 spiro atoms. The van der Waals surface area contributed by atoms with Crippen molar-refractivity contribution in [2.45, 2.75) is 41.0 Å². The van der Waals surface area contributed by atoms with Gasteiger partial charge in [0.25, 0.3) is 0 Å². The summed E-state index contributed by atoms with van der Waals surface area (Å²) in [5.74, 6) is 0.752. The van der Waals surface area contributed by atoms with E-state index in [2.05, 4.69) is 25.7 Å². The first kappa shape index (κ1) is 14.9.